The Bertz CT molecular complexity index is 1100. The smallest absolute Gasteiger partial charge is 0.410 e. The van der Waals surface area contributed by atoms with Crippen molar-refractivity contribution in [2.45, 2.75) is 64.8 Å². The maximum Gasteiger partial charge on any atom is 0.410 e. The summed E-state index contributed by atoms with van der Waals surface area (Å²) in [5.41, 5.74) is -1.23. The number of nitrogens with zero attached hydrogens (tertiary/aromatic N) is 3. The lowest BCUT2D eigenvalue weighted by molar-refractivity contribution is 0.0202. The molecule has 1 aliphatic heterocycles. The molecule has 0 saturated heterocycles. The van der Waals surface area contributed by atoms with Crippen LogP contribution in [0.5, 0.6) is 5.75 Å². The van der Waals surface area contributed by atoms with Gasteiger partial charge in [-0.2, -0.15) is 12.6 Å². The summed E-state index contributed by atoms with van der Waals surface area (Å²) >= 11 is 3.53. The Morgan fingerprint density at radius 2 is 1.89 bits per heavy atom. The van der Waals surface area contributed by atoms with Crippen LogP contribution in [0.25, 0.3) is 0 Å². The van der Waals surface area contributed by atoms with Crippen molar-refractivity contribution in [3.05, 3.63) is 57.5 Å². The number of rotatable bonds is 4. The third-order valence-electron chi connectivity index (χ3n) is 5.31. The molecule has 1 aliphatic rings. The Hall–Kier alpha value is -3.08. The molecule has 1 aromatic carbocycles. The highest BCUT2D eigenvalue weighted by atomic mass is 32.1. The van der Waals surface area contributed by atoms with E-state index >= 15 is 0 Å². The molecule has 0 spiro atoms. The molecule has 2 N–H and O–H groups in total. The maximum atomic E-state index is 13.1. The normalized spacial score (nSPS) is 15.1. The average Bonchev–Trinajstić information content (AvgIpc) is 3.03. The molecule has 0 saturated carbocycles. The van der Waals surface area contributed by atoms with Gasteiger partial charge in [0.05, 0.1) is 6.04 Å². The molecule has 1 aromatic heterocycles. The van der Waals surface area contributed by atoms with Crippen LogP contribution in [0.3, 0.4) is 0 Å². The fraction of sp³-hybridized carbons (Fsp3) is 0.500. The summed E-state index contributed by atoms with van der Waals surface area (Å²) in [6.45, 7) is 5.63. The number of thiol groups is 1. The first-order valence-corrected chi connectivity index (χ1v) is 12.1. The van der Waals surface area contributed by atoms with E-state index in [1.165, 1.54) is 33.7 Å². The maximum absolute atomic E-state index is 13.1. The lowest BCUT2D eigenvalue weighted by Crippen LogP contribution is -2.39. The minimum Gasteiger partial charge on any atom is -0.501 e. The van der Waals surface area contributed by atoms with Gasteiger partial charge in [-0.25, -0.2) is 14.2 Å². The van der Waals surface area contributed by atoms with Gasteiger partial charge in [-0.15, -0.1) is 0 Å². The van der Waals surface area contributed by atoms with Gasteiger partial charge in [0.25, 0.3) is 11.5 Å². The summed E-state index contributed by atoms with van der Waals surface area (Å²) in [7, 11) is 1.56. The van der Waals surface area contributed by atoms with Crippen LogP contribution in [0.2, 0.25) is 0 Å². The number of hydrogen-bond acceptors (Lipinski definition) is 7. The number of nitrogens with one attached hydrogen (secondary N) is 1. The second-order valence-electron chi connectivity index (χ2n) is 9.04. The number of aromatic hydroxyl groups is 1. The van der Waals surface area contributed by atoms with Gasteiger partial charge >= 0.3 is 6.09 Å². The van der Waals surface area contributed by atoms with E-state index in [-0.39, 0.29) is 12.4 Å². The summed E-state index contributed by atoms with van der Waals surface area (Å²) in [6.07, 6.45) is 3.01. The van der Waals surface area contributed by atoms with E-state index in [9.17, 15) is 23.9 Å². The third-order valence-corrected chi connectivity index (χ3v) is 5.31. The van der Waals surface area contributed by atoms with Gasteiger partial charge in [0.2, 0.25) is 5.75 Å². The number of ether oxygens (including phenoxy) is 1. The van der Waals surface area contributed by atoms with Gasteiger partial charge in [0.1, 0.15) is 17.2 Å². The average molecular weight is 509 g/mol. The van der Waals surface area contributed by atoms with Gasteiger partial charge in [-0.1, -0.05) is 12.1 Å². The minimum atomic E-state index is -0.754. The fourth-order valence-corrected chi connectivity index (χ4v) is 3.62. The largest absolute Gasteiger partial charge is 0.501 e. The van der Waals surface area contributed by atoms with Crippen LogP contribution >= 0.6 is 12.6 Å². The first-order valence-electron chi connectivity index (χ1n) is 11.2. The van der Waals surface area contributed by atoms with E-state index in [1.54, 1.807) is 34.1 Å². The van der Waals surface area contributed by atoms with Crippen molar-refractivity contribution in [2.75, 3.05) is 13.3 Å². The highest BCUT2D eigenvalue weighted by molar-refractivity contribution is 7.79. The molecule has 0 aliphatic carbocycles. The van der Waals surface area contributed by atoms with Crippen molar-refractivity contribution in [1.29, 1.82) is 0 Å². The van der Waals surface area contributed by atoms with E-state index in [1.807, 2.05) is 0 Å². The van der Waals surface area contributed by atoms with Gasteiger partial charge in [-0.3, -0.25) is 14.2 Å². The lowest BCUT2D eigenvalue weighted by Gasteiger charge is -2.30. The number of aromatic nitrogens is 2. The predicted molar refractivity (Wildman–Crippen MR) is 133 cm³/mol. The molecular formula is C24H33FN4O5S. The molecule has 2 amide bonds. The van der Waals surface area contributed by atoms with E-state index in [4.69, 9.17) is 4.74 Å². The first kappa shape index (κ1) is 28.2. The van der Waals surface area contributed by atoms with E-state index < -0.39 is 46.5 Å². The van der Waals surface area contributed by atoms with Crippen molar-refractivity contribution >= 4 is 24.6 Å². The molecule has 3 rings (SSSR count). The molecule has 35 heavy (non-hydrogen) atoms. The molecule has 9 nitrogen and oxygen atoms in total. The molecule has 1 atom stereocenters. The van der Waals surface area contributed by atoms with E-state index in [0.29, 0.717) is 31.4 Å². The Kier molecular flexibility index (Phi) is 9.70. The minimum absolute atomic E-state index is 0.0554. The third kappa shape index (κ3) is 7.20. The van der Waals surface area contributed by atoms with Crippen molar-refractivity contribution in [1.82, 2.24) is 19.8 Å². The number of benzene rings is 1. The first-order chi connectivity index (χ1) is 16.5. The number of carbonyl (C=O) groups is 2. The topological polar surface area (TPSA) is 114 Å². The number of fused-ring (bicyclic) bond motifs is 1. The zero-order valence-corrected chi connectivity index (χ0v) is 21.6. The molecule has 192 valence electrons. The van der Waals surface area contributed by atoms with Gasteiger partial charge in [0, 0.05) is 20.1 Å². The summed E-state index contributed by atoms with van der Waals surface area (Å²) in [4.78, 5) is 44.0. The highest BCUT2D eigenvalue weighted by Crippen LogP contribution is 2.29. The summed E-state index contributed by atoms with van der Waals surface area (Å²) in [5.74, 6) is -1.69. The van der Waals surface area contributed by atoms with Crippen LogP contribution in [0.4, 0.5) is 9.18 Å². The molecular weight excluding hydrogens is 475 g/mol. The molecule has 0 radical (unpaired) electrons. The van der Waals surface area contributed by atoms with Crippen LogP contribution < -0.4 is 10.9 Å². The van der Waals surface area contributed by atoms with E-state index in [0.717, 1.165) is 0 Å². The summed E-state index contributed by atoms with van der Waals surface area (Å²) in [6, 6.07) is 4.95. The Labute approximate surface area is 209 Å². The molecule has 1 unspecified atom stereocenters. The van der Waals surface area contributed by atoms with Crippen LogP contribution in [0, 0.1) is 5.82 Å². The molecule has 11 heteroatoms. The van der Waals surface area contributed by atoms with Crippen LogP contribution in [0.1, 0.15) is 68.0 Å². The molecule has 2 aromatic rings. The molecule has 0 bridgehead atoms. The SMILES string of the molecule is CN(C(=O)OC(C)(C)C)C1CCCCn2c1nc(C(=O)NCc1ccc(F)cc1)c(O)c2=O.CS. The van der Waals surface area contributed by atoms with Crippen LogP contribution in [0.15, 0.2) is 29.1 Å². The monoisotopic (exact) mass is 508 g/mol. The summed E-state index contributed by atoms with van der Waals surface area (Å²) in [5, 5.41) is 13.0. The number of amides is 2. The van der Waals surface area contributed by atoms with Crippen LogP contribution in [-0.2, 0) is 17.8 Å². The fourth-order valence-electron chi connectivity index (χ4n) is 3.62. The zero-order valence-electron chi connectivity index (χ0n) is 20.7. The Morgan fingerprint density at radius 1 is 1.26 bits per heavy atom. The second-order valence-corrected chi connectivity index (χ2v) is 9.04. The van der Waals surface area contributed by atoms with Crippen molar-refractivity contribution in [2.24, 2.45) is 0 Å². The Morgan fingerprint density at radius 3 is 2.49 bits per heavy atom. The van der Waals surface area contributed by atoms with Gasteiger partial charge in [-0.05, 0) is 64.0 Å². The summed E-state index contributed by atoms with van der Waals surface area (Å²) < 4.78 is 19.8. The van der Waals surface area contributed by atoms with Crippen molar-refractivity contribution in [3.63, 3.8) is 0 Å². The zero-order chi connectivity index (χ0) is 26.3. The molecule has 0 fully saturated rings. The van der Waals surface area contributed by atoms with E-state index in [2.05, 4.69) is 22.9 Å². The number of halogens is 1. The predicted octanol–water partition coefficient (Wildman–Crippen LogP) is 3.66. The quantitative estimate of drug-likeness (QED) is 0.544. The van der Waals surface area contributed by atoms with Crippen molar-refractivity contribution < 1.29 is 23.8 Å². The highest BCUT2D eigenvalue weighted by Gasteiger charge is 2.33. The Balaban J connectivity index is 0.00000210. The number of carbonyl (C=O) groups excluding carboxylic acids is 2. The van der Waals surface area contributed by atoms with Crippen molar-refractivity contribution in [3.8, 4) is 5.75 Å². The molecule has 2 heterocycles. The standard InChI is InChI=1S/C23H29FN4O5.CH4S/c1-23(2,3)33-22(32)27(4)16-7-5-6-12-28-19(16)26-17(18(29)21(28)31)20(30)25-13-14-8-10-15(24)11-9-14;1-2/h8-11,16,29H,5-7,12-13H2,1-4H3,(H,25,30);2H,1H3. The second kappa shape index (κ2) is 12.1. The lowest BCUT2D eigenvalue weighted by atomic mass is 10.1. The number of hydrogen-bond donors (Lipinski definition) is 3. The van der Waals surface area contributed by atoms with Gasteiger partial charge in [0.15, 0.2) is 5.69 Å². The van der Waals surface area contributed by atoms with Gasteiger partial charge < -0.3 is 20.1 Å². The van der Waals surface area contributed by atoms with Crippen LogP contribution in [-0.4, -0.2) is 50.5 Å².